The number of benzene rings is 1. The quantitative estimate of drug-likeness (QED) is 0.858. The van der Waals surface area contributed by atoms with E-state index in [4.69, 9.17) is 0 Å². The van der Waals surface area contributed by atoms with Crippen molar-refractivity contribution in [3.63, 3.8) is 0 Å². The number of aliphatic hydroxyl groups excluding tert-OH is 1. The zero-order chi connectivity index (χ0) is 18.0. The van der Waals surface area contributed by atoms with Crippen molar-refractivity contribution in [1.29, 1.82) is 0 Å². The second-order valence-electron chi connectivity index (χ2n) is 7.31. The van der Waals surface area contributed by atoms with Crippen molar-refractivity contribution in [2.24, 2.45) is 5.92 Å². The van der Waals surface area contributed by atoms with Crippen LogP contribution in [0, 0.1) is 5.92 Å². The summed E-state index contributed by atoms with van der Waals surface area (Å²) >= 11 is 0. The highest BCUT2D eigenvalue weighted by molar-refractivity contribution is 5.82. The minimum Gasteiger partial charge on any atom is -0.506 e. The van der Waals surface area contributed by atoms with Gasteiger partial charge in [-0.15, -0.1) is 0 Å². The fraction of sp³-hybridized carbons (Fsp3) is 0.632. The van der Waals surface area contributed by atoms with Crippen LogP contribution < -0.4 is 4.90 Å². The number of rotatable bonds is 3. The van der Waals surface area contributed by atoms with Crippen molar-refractivity contribution in [1.82, 2.24) is 9.80 Å². The molecule has 2 aliphatic heterocycles. The summed E-state index contributed by atoms with van der Waals surface area (Å²) in [5.74, 6) is 0.728. The second-order valence-corrected chi connectivity index (χ2v) is 7.31. The third-order valence-electron chi connectivity index (χ3n) is 5.67. The van der Waals surface area contributed by atoms with Crippen LogP contribution in [0.3, 0.4) is 0 Å². The van der Waals surface area contributed by atoms with Crippen molar-refractivity contribution in [2.45, 2.75) is 32.4 Å². The highest BCUT2D eigenvalue weighted by Gasteiger charge is 2.33. The average molecular weight is 347 g/mol. The van der Waals surface area contributed by atoms with Gasteiger partial charge in [0.1, 0.15) is 5.75 Å². The minimum atomic E-state index is -0.345. The number of hydrogen-bond donors (Lipinski definition) is 2. The van der Waals surface area contributed by atoms with Crippen molar-refractivity contribution in [3.05, 3.63) is 24.3 Å². The number of likely N-dealkylation sites (tertiary alicyclic amines) is 1. The van der Waals surface area contributed by atoms with Gasteiger partial charge in [-0.25, -0.2) is 0 Å². The van der Waals surface area contributed by atoms with E-state index >= 15 is 0 Å². The number of carbonyl (C=O) groups excluding carboxylic acids is 1. The van der Waals surface area contributed by atoms with Gasteiger partial charge in [0.25, 0.3) is 0 Å². The topological polar surface area (TPSA) is 67.2 Å². The van der Waals surface area contributed by atoms with Crippen LogP contribution >= 0.6 is 0 Å². The van der Waals surface area contributed by atoms with Gasteiger partial charge in [0.15, 0.2) is 0 Å². The highest BCUT2D eigenvalue weighted by atomic mass is 16.3. The molecule has 2 N–H and O–H groups in total. The summed E-state index contributed by atoms with van der Waals surface area (Å²) in [6, 6.07) is 7.13. The molecule has 3 rings (SSSR count). The van der Waals surface area contributed by atoms with Gasteiger partial charge >= 0.3 is 0 Å². The number of phenols is 1. The predicted molar refractivity (Wildman–Crippen MR) is 97.7 cm³/mol. The van der Waals surface area contributed by atoms with Crippen LogP contribution in [-0.4, -0.2) is 77.3 Å². The summed E-state index contributed by atoms with van der Waals surface area (Å²) in [5, 5.41) is 20.1. The number of aliphatic hydroxyl groups is 1. The molecule has 1 aromatic rings. The maximum absolute atomic E-state index is 12.8. The number of amides is 1. The van der Waals surface area contributed by atoms with Crippen LogP contribution in [0.4, 0.5) is 5.69 Å². The average Bonchev–Trinajstić information content (AvgIpc) is 2.63. The summed E-state index contributed by atoms with van der Waals surface area (Å²) in [4.78, 5) is 19.0. The highest BCUT2D eigenvalue weighted by Crippen LogP contribution is 2.27. The molecule has 0 radical (unpaired) electrons. The van der Waals surface area contributed by atoms with Crippen molar-refractivity contribution < 1.29 is 15.0 Å². The summed E-state index contributed by atoms with van der Waals surface area (Å²) in [6.07, 6.45) is 0.585. The standard InChI is InChI=1S/C19H29N3O3/c1-14-7-8-22(13-18(14)24)15(2)19(25)21-11-9-20(10-12-21)16-5-3-4-6-17(16)23/h3-6,14-15,18,23-24H,7-13H2,1-2H3/t14-,15?,18+/m1/s1. The molecule has 138 valence electrons. The van der Waals surface area contributed by atoms with E-state index in [1.807, 2.05) is 30.0 Å². The number of piperazine rings is 1. The Morgan fingerprint density at radius 1 is 1.16 bits per heavy atom. The Hall–Kier alpha value is -1.79. The molecular formula is C19H29N3O3. The summed E-state index contributed by atoms with van der Waals surface area (Å²) in [6.45, 7) is 8.20. The van der Waals surface area contributed by atoms with Crippen LogP contribution in [0.15, 0.2) is 24.3 Å². The number of phenolic OH excluding ortho intramolecular Hbond substituents is 1. The normalized spacial score (nSPS) is 26.5. The third kappa shape index (κ3) is 3.90. The molecule has 1 aromatic carbocycles. The van der Waals surface area contributed by atoms with Crippen molar-refractivity contribution >= 4 is 11.6 Å². The molecule has 25 heavy (non-hydrogen) atoms. The van der Waals surface area contributed by atoms with Crippen LogP contribution in [0.2, 0.25) is 0 Å². The lowest BCUT2D eigenvalue weighted by molar-refractivity contribution is -0.138. The molecule has 2 fully saturated rings. The van der Waals surface area contributed by atoms with Crippen LogP contribution in [0.1, 0.15) is 20.3 Å². The molecular weight excluding hydrogens is 318 g/mol. The maximum atomic E-state index is 12.8. The first kappa shape index (κ1) is 18.0. The number of hydrogen-bond acceptors (Lipinski definition) is 5. The van der Waals surface area contributed by atoms with Gasteiger partial charge in [-0.1, -0.05) is 19.1 Å². The van der Waals surface area contributed by atoms with Gasteiger partial charge in [-0.3, -0.25) is 9.69 Å². The molecule has 0 saturated carbocycles. The number of anilines is 1. The summed E-state index contributed by atoms with van der Waals surface area (Å²) in [7, 11) is 0. The Kier molecular flexibility index (Phi) is 5.49. The third-order valence-corrected chi connectivity index (χ3v) is 5.67. The van der Waals surface area contributed by atoms with Crippen LogP contribution in [0.5, 0.6) is 5.75 Å². The Morgan fingerprint density at radius 3 is 2.48 bits per heavy atom. The van der Waals surface area contributed by atoms with Gasteiger partial charge in [-0.2, -0.15) is 0 Å². The van der Waals surface area contributed by atoms with E-state index < -0.39 is 0 Å². The van der Waals surface area contributed by atoms with E-state index in [0.717, 1.165) is 31.7 Å². The van der Waals surface area contributed by atoms with E-state index in [2.05, 4.69) is 16.7 Å². The largest absolute Gasteiger partial charge is 0.506 e. The lowest BCUT2D eigenvalue weighted by Crippen LogP contribution is -2.56. The van der Waals surface area contributed by atoms with E-state index in [1.54, 1.807) is 6.07 Å². The monoisotopic (exact) mass is 347 g/mol. The van der Waals surface area contributed by atoms with Crippen LogP contribution in [0.25, 0.3) is 0 Å². The number of aromatic hydroxyl groups is 1. The fourth-order valence-electron chi connectivity index (χ4n) is 3.74. The Bertz CT molecular complexity index is 601. The molecule has 6 heteroatoms. The van der Waals surface area contributed by atoms with Crippen molar-refractivity contribution in [3.8, 4) is 5.75 Å². The minimum absolute atomic E-state index is 0.138. The molecule has 2 heterocycles. The molecule has 2 aliphatic rings. The predicted octanol–water partition coefficient (Wildman–Crippen LogP) is 1.13. The van der Waals surface area contributed by atoms with E-state index in [1.165, 1.54) is 0 Å². The number of nitrogens with zero attached hydrogens (tertiary/aromatic N) is 3. The zero-order valence-corrected chi connectivity index (χ0v) is 15.1. The summed E-state index contributed by atoms with van der Waals surface area (Å²) in [5.41, 5.74) is 0.829. The molecule has 3 atom stereocenters. The molecule has 0 bridgehead atoms. The van der Waals surface area contributed by atoms with Gasteiger partial charge < -0.3 is 20.0 Å². The van der Waals surface area contributed by atoms with Crippen LogP contribution in [-0.2, 0) is 4.79 Å². The second kappa shape index (κ2) is 7.62. The number of carbonyl (C=O) groups is 1. The van der Waals surface area contributed by atoms with Gasteiger partial charge in [-0.05, 0) is 37.9 Å². The van der Waals surface area contributed by atoms with Crippen molar-refractivity contribution in [2.75, 3.05) is 44.2 Å². The van der Waals surface area contributed by atoms with Gasteiger partial charge in [0.2, 0.25) is 5.91 Å². The Morgan fingerprint density at radius 2 is 1.84 bits per heavy atom. The van der Waals surface area contributed by atoms with Gasteiger partial charge in [0, 0.05) is 32.7 Å². The fourth-order valence-corrected chi connectivity index (χ4v) is 3.74. The molecule has 0 aromatic heterocycles. The van der Waals surface area contributed by atoms with Gasteiger partial charge in [0.05, 0.1) is 17.8 Å². The SMILES string of the molecule is CC(C(=O)N1CCN(c2ccccc2O)CC1)N1CC[C@@H](C)[C@@H](O)C1. The zero-order valence-electron chi connectivity index (χ0n) is 15.1. The first-order valence-electron chi connectivity index (χ1n) is 9.21. The van der Waals surface area contributed by atoms with E-state index in [-0.39, 0.29) is 23.8 Å². The maximum Gasteiger partial charge on any atom is 0.239 e. The Labute approximate surface area is 149 Å². The lowest BCUT2D eigenvalue weighted by Gasteiger charge is -2.41. The molecule has 1 unspecified atom stereocenters. The summed E-state index contributed by atoms with van der Waals surface area (Å²) < 4.78 is 0. The molecule has 0 spiro atoms. The molecule has 0 aliphatic carbocycles. The molecule has 6 nitrogen and oxygen atoms in total. The Balaban J connectivity index is 1.55. The van der Waals surface area contributed by atoms with E-state index in [0.29, 0.717) is 25.6 Å². The first-order chi connectivity index (χ1) is 12.0. The number of β-amino-alcohol motifs (C(OH)–C–C–N with tert-alkyl or cyclic N) is 1. The number of para-hydroxylation sites is 2. The number of piperidine rings is 1. The molecule has 2 saturated heterocycles. The molecule has 1 amide bonds. The lowest BCUT2D eigenvalue weighted by atomic mass is 9.95. The smallest absolute Gasteiger partial charge is 0.239 e. The van der Waals surface area contributed by atoms with E-state index in [9.17, 15) is 15.0 Å². The first-order valence-corrected chi connectivity index (χ1v) is 9.21.